The van der Waals surface area contributed by atoms with Crippen LogP contribution >= 0.6 is 0 Å². The fourth-order valence-electron chi connectivity index (χ4n) is 2.93. The van der Waals surface area contributed by atoms with E-state index in [4.69, 9.17) is 9.47 Å². The predicted molar refractivity (Wildman–Crippen MR) is 89.6 cm³/mol. The van der Waals surface area contributed by atoms with Gasteiger partial charge in [-0.2, -0.15) is 0 Å². The van der Waals surface area contributed by atoms with Crippen LogP contribution in [0.5, 0.6) is 11.5 Å². The fraction of sp³-hybridized carbons (Fsp3) is 0.200. The van der Waals surface area contributed by atoms with Crippen molar-refractivity contribution < 1.29 is 9.47 Å². The molecule has 22 heavy (non-hydrogen) atoms. The molecular weight excluding hydrogens is 272 g/mol. The Bertz CT molecular complexity index is 606. The number of methoxy groups -OCH3 is 2. The van der Waals surface area contributed by atoms with E-state index in [0.29, 0.717) is 11.8 Å². The van der Waals surface area contributed by atoms with Crippen LogP contribution in [0.4, 0.5) is 0 Å². The quantitative estimate of drug-likeness (QED) is 0.803. The summed E-state index contributed by atoms with van der Waals surface area (Å²) in [5.41, 5.74) is 2.57. The first kappa shape index (κ1) is 14.5. The number of hydrogen-bond donors (Lipinski definition) is 0. The third-order valence-corrected chi connectivity index (χ3v) is 4.11. The second-order valence-electron chi connectivity index (χ2n) is 5.37. The lowest BCUT2D eigenvalue weighted by atomic mass is 9.81. The average molecular weight is 292 g/mol. The molecule has 0 bridgehead atoms. The van der Waals surface area contributed by atoms with Gasteiger partial charge in [-0.3, -0.25) is 0 Å². The molecule has 112 valence electrons. The maximum Gasteiger partial charge on any atom is 0.118 e. The monoisotopic (exact) mass is 292 g/mol. The lowest BCUT2D eigenvalue weighted by Gasteiger charge is -2.23. The summed E-state index contributed by atoms with van der Waals surface area (Å²) in [5, 5.41) is 0. The molecule has 0 aliphatic heterocycles. The molecule has 1 aliphatic carbocycles. The molecule has 2 nitrogen and oxygen atoms in total. The van der Waals surface area contributed by atoms with E-state index < -0.39 is 0 Å². The molecule has 0 atom stereocenters. The van der Waals surface area contributed by atoms with Crippen LogP contribution in [0.3, 0.4) is 0 Å². The molecule has 0 N–H and O–H groups in total. The molecule has 2 aromatic rings. The van der Waals surface area contributed by atoms with Crippen molar-refractivity contribution in [1.29, 1.82) is 0 Å². The zero-order chi connectivity index (χ0) is 15.4. The van der Waals surface area contributed by atoms with Crippen molar-refractivity contribution in [3.05, 3.63) is 84.0 Å². The highest BCUT2D eigenvalue weighted by Crippen LogP contribution is 2.36. The van der Waals surface area contributed by atoms with Gasteiger partial charge in [0.15, 0.2) is 0 Å². The molecule has 0 radical (unpaired) electrons. The molecule has 1 aliphatic rings. The van der Waals surface area contributed by atoms with Crippen LogP contribution in [-0.4, -0.2) is 14.2 Å². The van der Waals surface area contributed by atoms with Crippen LogP contribution in [0.25, 0.3) is 0 Å². The van der Waals surface area contributed by atoms with E-state index in [-0.39, 0.29) is 0 Å². The van der Waals surface area contributed by atoms with E-state index in [0.717, 1.165) is 11.5 Å². The fourth-order valence-corrected chi connectivity index (χ4v) is 2.93. The van der Waals surface area contributed by atoms with Crippen LogP contribution < -0.4 is 9.47 Å². The highest BCUT2D eigenvalue weighted by atomic mass is 16.5. The lowest BCUT2D eigenvalue weighted by molar-refractivity contribution is 0.414. The summed E-state index contributed by atoms with van der Waals surface area (Å²) in [5.74, 6) is 2.44. The zero-order valence-corrected chi connectivity index (χ0v) is 12.9. The minimum Gasteiger partial charge on any atom is -0.497 e. The average Bonchev–Trinajstić information content (AvgIpc) is 3.10. The molecule has 0 heterocycles. The van der Waals surface area contributed by atoms with Gasteiger partial charge < -0.3 is 9.47 Å². The van der Waals surface area contributed by atoms with Gasteiger partial charge >= 0.3 is 0 Å². The van der Waals surface area contributed by atoms with Crippen LogP contribution in [0, 0.1) is 5.92 Å². The number of rotatable bonds is 5. The first-order valence-corrected chi connectivity index (χ1v) is 7.44. The minimum atomic E-state index is 0.298. The Hall–Kier alpha value is -2.48. The van der Waals surface area contributed by atoms with Gasteiger partial charge in [-0.15, -0.1) is 0 Å². The first-order valence-electron chi connectivity index (χ1n) is 7.44. The minimum absolute atomic E-state index is 0.298. The van der Waals surface area contributed by atoms with Gasteiger partial charge in [-0.25, -0.2) is 0 Å². The summed E-state index contributed by atoms with van der Waals surface area (Å²) in [6.07, 6.45) is 8.73. The third kappa shape index (κ3) is 2.91. The molecule has 2 aromatic carbocycles. The first-order chi connectivity index (χ1) is 10.8. The second-order valence-corrected chi connectivity index (χ2v) is 5.37. The Morgan fingerprint density at radius 1 is 0.682 bits per heavy atom. The number of benzene rings is 2. The van der Waals surface area contributed by atoms with Crippen LogP contribution in [0.1, 0.15) is 17.0 Å². The van der Waals surface area contributed by atoms with Crippen LogP contribution in [0.2, 0.25) is 0 Å². The molecule has 0 spiro atoms. The Morgan fingerprint density at radius 3 is 1.45 bits per heavy atom. The van der Waals surface area contributed by atoms with Crippen molar-refractivity contribution >= 4 is 0 Å². The number of ether oxygens (including phenoxy) is 2. The van der Waals surface area contributed by atoms with Crippen molar-refractivity contribution in [1.82, 2.24) is 0 Å². The summed E-state index contributed by atoms with van der Waals surface area (Å²) < 4.78 is 10.5. The maximum atomic E-state index is 5.27. The normalized spacial score (nSPS) is 13.8. The smallest absolute Gasteiger partial charge is 0.118 e. The van der Waals surface area contributed by atoms with Gasteiger partial charge in [0, 0.05) is 11.8 Å². The van der Waals surface area contributed by atoms with Crippen LogP contribution in [0.15, 0.2) is 72.8 Å². The molecule has 0 saturated carbocycles. The van der Waals surface area contributed by atoms with E-state index in [2.05, 4.69) is 48.6 Å². The molecule has 2 heteroatoms. The van der Waals surface area contributed by atoms with Gasteiger partial charge in [0.25, 0.3) is 0 Å². The molecule has 0 unspecified atom stereocenters. The Kier molecular flexibility index (Phi) is 4.29. The zero-order valence-electron chi connectivity index (χ0n) is 12.9. The molecule has 0 aromatic heterocycles. The van der Waals surface area contributed by atoms with E-state index in [1.807, 2.05) is 24.3 Å². The number of allylic oxidation sites excluding steroid dienone is 4. The summed E-state index contributed by atoms with van der Waals surface area (Å²) in [6.45, 7) is 0. The van der Waals surface area contributed by atoms with Crippen molar-refractivity contribution in [2.24, 2.45) is 5.92 Å². The summed E-state index contributed by atoms with van der Waals surface area (Å²) in [6, 6.07) is 16.7. The van der Waals surface area contributed by atoms with E-state index in [1.54, 1.807) is 14.2 Å². The molecule has 0 saturated heterocycles. The molecular formula is C20H20O2. The second kappa shape index (κ2) is 6.52. The van der Waals surface area contributed by atoms with E-state index >= 15 is 0 Å². The highest BCUT2D eigenvalue weighted by Gasteiger charge is 2.22. The third-order valence-electron chi connectivity index (χ3n) is 4.11. The van der Waals surface area contributed by atoms with Crippen LogP contribution in [-0.2, 0) is 0 Å². The van der Waals surface area contributed by atoms with Crippen molar-refractivity contribution in [2.45, 2.75) is 5.92 Å². The molecule has 0 fully saturated rings. The maximum absolute atomic E-state index is 5.27. The summed E-state index contributed by atoms with van der Waals surface area (Å²) >= 11 is 0. The summed E-state index contributed by atoms with van der Waals surface area (Å²) in [7, 11) is 3.39. The van der Waals surface area contributed by atoms with Gasteiger partial charge in [0.05, 0.1) is 14.2 Å². The van der Waals surface area contributed by atoms with Gasteiger partial charge in [-0.05, 0) is 35.4 Å². The lowest BCUT2D eigenvalue weighted by Crippen LogP contribution is -2.09. The number of hydrogen-bond acceptors (Lipinski definition) is 2. The predicted octanol–water partition coefficient (Wildman–Crippen LogP) is 4.58. The highest BCUT2D eigenvalue weighted by molar-refractivity contribution is 5.42. The SMILES string of the molecule is COc1ccc(C(c2ccc(OC)cc2)C2C=CC=C2)cc1. The van der Waals surface area contributed by atoms with E-state index in [1.165, 1.54) is 11.1 Å². The largest absolute Gasteiger partial charge is 0.497 e. The molecule has 0 amide bonds. The molecule has 3 rings (SSSR count). The van der Waals surface area contributed by atoms with Gasteiger partial charge in [-0.1, -0.05) is 48.6 Å². The Balaban J connectivity index is 1.98. The topological polar surface area (TPSA) is 18.5 Å². The Labute approximate surface area is 131 Å². The van der Waals surface area contributed by atoms with E-state index in [9.17, 15) is 0 Å². The van der Waals surface area contributed by atoms with Gasteiger partial charge in [0.1, 0.15) is 11.5 Å². The standard InChI is InChI=1S/C20H20O2/c1-21-18-11-7-16(8-12-18)20(15-5-3-4-6-15)17-9-13-19(22-2)14-10-17/h3-15,20H,1-2H3. The van der Waals surface area contributed by atoms with Crippen molar-refractivity contribution in [3.63, 3.8) is 0 Å². The summed E-state index contributed by atoms with van der Waals surface area (Å²) in [4.78, 5) is 0. The van der Waals surface area contributed by atoms with Crippen molar-refractivity contribution in [3.8, 4) is 11.5 Å². The van der Waals surface area contributed by atoms with Gasteiger partial charge in [0.2, 0.25) is 0 Å². The Morgan fingerprint density at radius 2 is 1.09 bits per heavy atom. The van der Waals surface area contributed by atoms with Crippen molar-refractivity contribution in [2.75, 3.05) is 14.2 Å².